The minimum absolute atomic E-state index is 0.829. The number of aromatic amines is 1. The zero-order valence-electron chi connectivity index (χ0n) is 8.31. The third-order valence-electron chi connectivity index (χ3n) is 1.98. The first-order valence-electron chi connectivity index (χ1n) is 4.76. The lowest BCUT2D eigenvalue weighted by atomic mass is 10.3. The second-order valence-corrected chi connectivity index (χ2v) is 4.16. The molecule has 1 aromatic carbocycles. The molecule has 0 fully saturated rings. The molecule has 0 radical (unpaired) electrons. The predicted molar refractivity (Wildman–Crippen MR) is 63.1 cm³/mol. The first-order chi connectivity index (χ1) is 7.40. The molecule has 0 saturated carbocycles. The Morgan fingerprint density at radius 3 is 2.87 bits per heavy atom. The topological polar surface area (TPSA) is 28.7 Å². The lowest BCUT2D eigenvalue weighted by Crippen LogP contribution is -1.83. The summed E-state index contributed by atoms with van der Waals surface area (Å²) in [7, 11) is 0. The van der Waals surface area contributed by atoms with Crippen molar-refractivity contribution >= 4 is 11.8 Å². The molecule has 2 rings (SSSR count). The van der Waals surface area contributed by atoms with Gasteiger partial charge in [-0.05, 0) is 12.1 Å². The monoisotopic (exact) mass is 216 g/mol. The van der Waals surface area contributed by atoms with Gasteiger partial charge in [0.05, 0.1) is 12.0 Å². The van der Waals surface area contributed by atoms with Crippen LogP contribution in [0.4, 0.5) is 0 Å². The number of imidazole rings is 1. The molecule has 0 aliphatic carbocycles. The van der Waals surface area contributed by atoms with Crippen LogP contribution in [0.15, 0.2) is 59.2 Å². The molecule has 0 aliphatic heterocycles. The van der Waals surface area contributed by atoms with Gasteiger partial charge in [0.25, 0.3) is 0 Å². The summed E-state index contributed by atoms with van der Waals surface area (Å²) in [5.41, 5.74) is 1.12. The Labute approximate surface area is 93.4 Å². The van der Waals surface area contributed by atoms with Crippen LogP contribution in [0.1, 0.15) is 5.69 Å². The second kappa shape index (κ2) is 4.84. The molecule has 0 spiro atoms. The van der Waals surface area contributed by atoms with Gasteiger partial charge in [0, 0.05) is 11.3 Å². The highest BCUT2D eigenvalue weighted by molar-refractivity contribution is 7.99. The minimum Gasteiger partial charge on any atom is -0.347 e. The van der Waals surface area contributed by atoms with Crippen LogP contribution >= 0.6 is 11.8 Å². The third-order valence-corrected chi connectivity index (χ3v) is 3.04. The molecule has 3 heteroatoms. The number of aromatic nitrogens is 2. The fourth-order valence-corrected chi connectivity index (χ4v) is 2.17. The van der Waals surface area contributed by atoms with Crippen LogP contribution in [0.25, 0.3) is 0 Å². The summed E-state index contributed by atoms with van der Waals surface area (Å²) in [6.45, 7) is 3.73. The Bertz CT molecular complexity index is 434. The zero-order chi connectivity index (χ0) is 10.5. The predicted octanol–water partition coefficient (Wildman–Crippen LogP) is 3.29. The van der Waals surface area contributed by atoms with Crippen molar-refractivity contribution in [2.75, 3.05) is 0 Å². The number of benzene rings is 1. The summed E-state index contributed by atoms with van der Waals surface area (Å²) < 4.78 is 0. The SMILES string of the molecule is C=CCc1[nH]cnc1Sc1ccccc1. The largest absolute Gasteiger partial charge is 0.347 e. The van der Waals surface area contributed by atoms with E-state index in [1.54, 1.807) is 18.1 Å². The van der Waals surface area contributed by atoms with Gasteiger partial charge in [0.1, 0.15) is 5.03 Å². The summed E-state index contributed by atoms with van der Waals surface area (Å²) in [6.07, 6.45) is 4.43. The molecule has 1 aromatic heterocycles. The lowest BCUT2D eigenvalue weighted by molar-refractivity contribution is 1.07. The zero-order valence-corrected chi connectivity index (χ0v) is 9.13. The van der Waals surface area contributed by atoms with E-state index in [4.69, 9.17) is 0 Å². The number of rotatable bonds is 4. The Morgan fingerprint density at radius 2 is 2.13 bits per heavy atom. The maximum atomic E-state index is 4.29. The molecule has 0 amide bonds. The van der Waals surface area contributed by atoms with Gasteiger partial charge in [-0.25, -0.2) is 4.98 Å². The van der Waals surface area contributed by atoms with E-state index < -0.39 is 0 Å². The molecular weight excluding hydrogens is 204 g/mol. The fourth-order valence-electron chi connectivity index (χ4n) is 1.29. The smallest absolute Gasteiger partial charge is 0.122 e. The van der Waals surface area contributed by atoms with Crippen molar-refractivity contribution in [3.63, 3.8) is 0 Å². The van der Waals surface area contributed by atoms with E-state index in [0.717, 1.165) is 17.1 Å². The quantitative estimate of drug-likeness (QED) is 0.794. The molecule has 15 heavy (non-hydrogen) atoms. The standard InChI is InChI=1S/C12H12N2S/c1-2-6-11-12(14-9-13-11)15-10-7-4-3-5-8-10/h2-5,7-9H,1,6H2,(H,13,14). The van der Waals surface area contributed by atoms with E-state index in [0.29, 0.717) is 0 Å². The molecule has 0 unspecified atom stereocenters. The highest BCUT2D eigenvalue weighted by Gasteiger charge is 2.05. The first-order valence-corrected chi connectivity index (χ1v) is 5.58. The summed E-state index contributed by atoms with van der Waals surface area (Å²) in [5.74, 6) is 0. The molecule has 2 nitrogen and oxygen atoms in total. The van der Waals surface area contributed by atoms with Crippen molar-refractivity contribution in [2.24, 2.45) is 0 Å². The molecule has 0 atom stereocenters. The lowest BCUT2D eigenvalue weighted by Gasteiger charge is -1.99. The van der Waals surface area contributed by atoms with Gasteiger partial charge >= 0.3 is 0 Å². The van der Waals surface area contributed by atoms with Crippen LogP contribution in [0.2, 0.25) is 0 Å². The Morgan fingerprint density at radius 1 is 1.33 bits per heavy atom. The number of hydrogen-bond donors (Lipinski definition) is 1. The van der Waals surface area contributed by atoms with E-state index in [1.165, 1.54) is 4.90 Å². The van der Waals surface area contributed by atoms with Crippen LogP contribution < -0.4 is 0 Å². The van der Waals surface area contributed by atoms with Crippen molar-refractivity contribution in [2.45, 2.75) is 16.3 Å². The minimum atomic E-state index is 0.829. The average molecular weight is 216 g/mol. The van der Waals surface area contributed by atoms with Crippen molar-refractivity contribution < 1.29 is 0 Å². The van der Waals surface area contributed by atoms with E-state index in [2.05, 4.69) is 28.7 Å². The average Bonchev–Trinajstić information content (AvgIpc) is 2.68. The van der Waals surface area contributed by atoms with E-state index >= 15 is 0 Å². The van der Waals surface area contributed by atoms with Crippen LogP contribution in [-0.2, 0) is 6.42 Å². The molecule has 1 N–H and O–H groups in total. The number of nitrogens with zero attached hydrogens (tertiary/aromatic N) is 1. The summed E-state index contributed by atoms with van der Waals surface area (Å²) in [6, 6.07) is 10.2. The maximum Gasteiger partial charge on any atom is 0.122 e. The van der Waals surface area contributed by atoms with E-state index in [9.17, 15) is 0 Å². The molecule has 76 valence electrons. The fraction of sp³-hybridized carbons (Fsp3) is 0.0833. The Kier molecular flexibility index (Phi) is 3.25. The summed E-state index contributed by atoms with van der Waals surface area (Å²) in [4.78, 5) is 8.62. The molecule has 1 heterocycles. The first kappa shape index (κ1) is 10.1. The number of allylic oxidation sites excluding steroid dienone is 1. The third kappa shape index (κ3) is 2.50. The number of H-pyrrole nitrogens is 1. The van der Waals surface area contributed by atoms with Gasteiger partial charge in [-0.3, -0.25) is 0 Å². The molecule has 0 saturated heterocycles. The highest BCUT2D eigenvalue weighted by Crippen LogP contribution is 2.27. The van der Waals surface area contributed by atoms with E-state index in [-0.39, 0.29) is 0 Å². The van der Waals surface area contributed by atoms with Gasteiger partial charge in [0.15, 0.2) is 0 Å². The molecule has 2 aromatic rings. The normalized spacial score (nSPS) is 10.1. The van der Waals surface area contributed by atoms with Gasteiger partial charge < -0.3 is 4.98 Å². The molecule has 0 bridgehead atoms. The molecular formula is C12H12N2S. The van der Waals surface area contributed by atoms with Crippen molar-refractivity contribution in [3.8, 4) is 0 Å². The molecule has 0 aliphatic rings. The van der Waals surface area contributed by atoms with E-state index in [1.807, 2.05) is 24.3 Å². The second-order valence-electron chi connectivity index (χ2n) is 3.09. The van der Waals surface area contributed by atoms with Crippen LogP contribution in [-0.4, -0.2) is 9.97 Å². The van der Waals surface area contributed by atoms with Crippen molar-refractivity contribution in [1.29, 1.82) is 0 Å². The van der Waals surface area contributed by atoms with Gasteiger partial charge in [-0.2, -0.15) is 0 Å². The summed E-state index contributed by atoms with van der Waals surface area (Å²) >= 11 is 1.67. The number of nitrogens with one attached hydrogen (secondary N) is 1. The van der Waals surface area contributed by atoms with Crippen LogP contribution in [0.3, 0.4) is 0 Å². The number of hydrogen-bond acceptors (Lipinski definition) is 2. The maximum absolute atomic E-state index is 4.29. The van der Waals surface area contributed by atoms with Crippen molar-refractivity contribution in [3.05, 3.63) is 55.0 Å². The van der Waals surface area contributed by atoms with Gasteiger partial charge in [-0.1, -0.05) is 36.0 Å². The Balaban J connectivity index is 2.17. The van der Waals surface area contributed by atoms with Crippen LogP contribution in [0, 0.1) is 0 Å². The van der Waals surface area contributed by atoms with Gasteiger partial charge in [0.2, 0.25) is 0 Å². The summed E-state index contributed by atoms with van der Waals surface area (Å²) in [5, 5.41) is 1.03. The van der Waals surface area contributed by atoms with Crippen LogP contribution in [0.5, 0.6) is 0 Å². The Hall–Kier alpha value is -1.48. The highest BCUT2D eigenvalue weighted by atomic mass is 32.2. The van der Waals surface area contributed by atoms with Gasteiger partial charge in [-0.15, -0.1) is 6.58 Å². The van der Waals surface area contributed by atoms with Crippen molar-refractivity contribution in [1.82, 2.24) is 9.97 Å².